The predicted molar refractivity (Wildman–Crippen MR) is 120 cm³/mol. The molecule has 0 aliphatic carbocycles. The van der Waals surface area contributed by atoms with Crippen molar-refractivity contribution in [3.63, 3.8) is 0 Å². The highest BCUT2D eigenvalue weighted by Gasteiger charge is 2.18. The first kappa shape index (κ1) is 22.1. The normalized spacial score (nSPS) is 14.7. The maximum atomic E-state index is 12.7. The molecule has 168 valence electrons. The van der Waals surface area contributed by atoms with Gasteiger partial charge in [0.2, 0.25) is 0 Å². The number of halogens is 1. The molecule has 1 saturated heterocycles. The Bertz CT molecular complexity index is 1160. The van der Waals surface area contributed by atoms with Crippen LogP contribution in [-0.2, 0) is 17.8 Å². The van der Waals surface area contributed by atoms with E-state index in [1.165, 1.54) is 15.6 Å². The summed E-state index contributed by atoms with van der Waals surface area (Å²) in [6.07, 6.45) is 1.86. The molecule has 0 radical (unpaired) electrons. The van der Waals surface area contributed by atoms with E-state index in [1.807, 2.05) is 36.4 Å². The number of nitrogens with two attached hydrogens (primary N) is 1. The topological polar surface area (TPSA) is 95.4 Å². The molecule has 4 rings (SSSR count). The van der Waals surface area contributed by atoms with Gasteiger partial charge in [-0.3, -0.25) is 9.36 Å². The Kier molecular flexibility index (Phi) is 6.93. The van der Waals surface area contributed by atoms with Crippen LogP contribution in [0.5, 0.6) is 0 Å². The molecule has 0 atom stereocenters. The van der Waals surface area contributed by atoms with Gasteiger partial charge < -0.3 is 15.4 Å². The molecular weight excluding hydrogens is 433 g/mol. The lowest BCUT2D eigenvalue weighted by Gasteiger charge is -2.26. The Balaban J connectivity index is 1.43. The summed E-state index contributed by atoms with van der Waals surface area (Å²) in [5.41, 5.74) is 7.09. The zero-order valence-corrected chi connectivity index (χ0v) is 18.3. The van der Waals surface area contributed by atoms with Crippen molar-refractivity contribution in [2.24, 2.45) is 5.73 Å². The molecule has 0 saturated carbocycles. The number of amides is 1. The third kappa shape index (κ3) is 4.87. The monoisotopic (exact) mass is 457 g/mol. The summed E-state index contributed by atoms with van der Waals surface area (Å²) in [6, 6.07) is 11.5. The van der Waals surface area contributed by atoms with Crippen LogP contribution in [0.2, 0.25) is 0 Å². The summed E-state index contributed by atoms with van der Waals surface area (Å²) in [5.74, 6) is 0.0171. The minimum absolute atomic E-state index is 0.0171. The number of carbonyl (C=O) groups is 1. The Hall–Kier alpha value is -3.08. The lowest BCUT2D eigenvalue weighted by Crippen LogP contribution is -2.40. The van der Waals surface area contributed by atoms with Crippen LogP contribution in [0.25, 0.3) is 10.4 Å². The fourth-order valence-corrected chi connectivity index (χ4v) is 4.45. The molecular formula is C22H24FN5O3S. The van der Waals surface area contributed by atoms with Crippen LogP contribution >= 0.6 is 11.3 Å². The maximum absolute atomic E-state index is 12.7. The average Bonchev–Trinajstić information content (AvgIpc) is 3.45. The van der Waals surface area contributed by atoms with E-state index in [-0.39, 0.29) is 24.7 Å². The van der Waals surface area contributed by atoms with Gasteiger partial charge in [-0.25, -0.2) is 13.9 Å². The zero-order chi connectivity index (χ0) is 22.5. The molecule has 0 spiro atoms. The van der Waals surface area contributed by atoms with E-state index in [2.05, 4.69) is 5.10 Å². The summed E-state index contributed by atoms with van der Waals surface area (Å²) in [6.45, 7) is 2.80. The van der Waals surface area contributed by atoms with Gasteiger partial charge in [-0.05, 0) is 35.4 Å². The van der Waals surface area contributed by atoms with Crippen molar-refractivity contribution < 1.29 is 13.9 Å². The van der Waals surface area contributed by atoms with E-state index >= 15 is 0 Å². The fourth-order valence-electron chi connectivity index (χ4n) is 3.44. The van der Waals surface area contributed by atoms with Crippen molar-refractivity contribution in [3.8, 4) is 10.4 Å². The summed E-state index contributed by atoms with van der Waals surface area (Å²) < 4.78 is 20.7. The van der Waals surface area contributed by atoms with Crippen LogP contribution in [-0.4, -0.2) is 58.0 Å². The van der Waals surface area contributed by atoms with E-state index < -0.39 is 0 Å². The zero-order valence-electron chi connectivity index (χ0n) is 17.4. The molecule has 32 heavy (non-hydrogen) atoms. The van der Waals surface area contributed by atoms with Gasteiger partial charge >= 0.3 is 5.69 Å². The minimum atomic E-state index is -0.321. The first-order valence-corrected chi connectivity index (χ1v) is 11.1. The standard InChI is InChI=1S/C22H24FN5O3S/c23-11-16(12-24)13-28-22(30)27(15-25-28)14-19-5-6-20(32-19)17-1-3-18(4-2-17)21(29)26-7-9-31-10-8-26/h1-6,11,15H,7-10,12-14,24H2/b16-11-. The van der Waals surface area contributed by atoms with Crippen LogP contribution in [0, 0.1) is 0 Å². The molecule has 2 N–H and O–H groups in total. The summed E-state index contributed by atoms with van der Waals surface area (Å²) in [4.78, 5) is 28.9. The van der Waals surface area contributed by atoms with Crippen molar-refractivity contribution in [3.05, 3.63) is 75.6 Å². The van der Waals surface area contributed by atoms with Crippen LogP contribution in [0.1, 0.15) is 15.2 Å². The number of hydrogen-bond donors (Lipinski definition) is 1. The Morgan fingerprint density at radius 1 is 1.19 bits per heavy atom. The van der Waals surface area contributed by atoms with Crippen molar-refractivity contribution in [1.29, 1.82) is 0 Å². The molecule has 8 nitrogen and oxygen atoms in total. The molecule has 0 unspecified atom stereocenters. The van der Waals surface area contributed by atoms with Crippen LogP contribution in [0.4, 0.5) is 4.39 Å². The second-order valence-electron chi connectivity index (χ2n) is 7.42. The van der Waals surface area contributed by atoms with E-state index in [0.29, 0.717) is 50.3 Å². The predicted octanol–water partition coefficient (Wildman–Crippen LogP) is 2.11. The molecule has 2 aromatic heterocycles. The number of hydrogen-bond acceptors (Lipinski definition) is 6. The van der Waals surface area contributed by atoms with E-state index in [4.69, 9.17) is 10.5 Å². The van der Waals surface area contributed by atoms with Crippen molar-refractivity contribution in [2.45, 2.75) is 13.1 Å². The van der Waals surface area contributed by atoms with Crippen molar-refractivity contribution in [2.75, 3.05) is 32.8 Å². The van der Waals surface area contributed by atoms with Gasteiger partial charge in [-0.2, -0.15) is 5.10 Å². The molecule has 1 amide bonds. The SMILES string of the molecule is NC/C(=C/F)Cn1ncn(Cc2ccc(-c3ccc(C(=O)N4CCOCC4)cc3)s2)c1=O. The summed E-state index contributed by atoms with van der Waals surface area (Å²) >= 11 is 1.56. The van der Waals surface area contributed by atoms with E-state index in [0.717, 1.165) is 15.3 Å². The van der Waals surface area contributed by atoms with Crippen molar-refractivity contribution >= 4 is 17.2 Å². The third-order valence-electron chi connectivity index (χ3n) is 5.27. The molecule has 10 heteroatoms. The highest BCUT2D eigenvalue weighted by Crippen LogP contribution is 2.29. The van der Waals surface area contributed by atoms with Gasteiger partial charge in [-0.1, -0.05) is 12.1 Å². The Labute approximate surface area is 188 Å². The largest absolute Gasteiger partial charge is 0.378 e. The van der Waals surface area contributed by atoms with Gasteiger partial charge in [-0.15, -0.1) is 11.3 Å². The molecule has 1 aliphatic heterocycles. The van der Waals surface area contributed by atoms with Crippen molar-refractivity contribution in [1.82, 2.24) is 19.2 Å². The molecule has 0 bridgehead atoms. The first-order valence-electron chi connectivity index (χ1n) is 10.3. The number of rotatable bonds is 7. The number of benzene rings is 1. The van der Waals surface area contributed by atoms with Gasteiger partial charge in [0.1, 0.15) is 6.33 Å². The quantitative estimate of drug-likeness (QED) is 0.586. The lowest BCUT2D eigenvalue weighted by molar-refractivity contribution is 0.0303. The smallest absolute Gasteiger partial charge is 0.346 e. The lowest BCUT2D eigenvalue weighted by atomic mass is 10.1. The highest BCUT2D eigenvalue weighted by molar-refractivity contribution is 7.15. The molecule has 3 aromatic rings. The fraction of sp³-hybridized carbons (Fsp3) is 0.318. The molecule has 1 fully saturated rings. The van der Waals surface area contributed by atoms with Gasteiger partial charge in [0.15, 0.2) is 0 Å². The molecule has 3 heterocycles. The third-order valence-corrected chi connectivity index (χ3v) is 6.39. The highest BCUT2D eigenvalue weighted by atomic mass is 32.1. The second kappa shape index (κ2) is 10.0. The number of nitrogens with zero attached hydrogens (tertiary/aromatic N) is 4. The van der Waals surface area contributed by atoms with Crippen LogP contribution in [0.3, 0.4) is 0 Å². The minimum Gasteiger partial charge on any atom is -0.378 e. The number of morpholine rings is 1. The number of thiophene rings is 1. The number of aromatic nitrogens is 3. The van der Waals surface area contributed by atoms with Gasteiger partial charge in [0.25, 0.3) is 5.91 Å². The number of ether oxygens (including phenoxy) is 1. The summed E-state index contributed by atoms with van der Waals surface area (Å²) in [7, 11) is 0. The van der Waals surface area contributed by atoms with E-state index in [9.17, 15) is 14.0 Å². The maximum Gasteiger partial charge on any atom is 0.346 e. The average molecular weight is 458 g/mol. The van der Waals surface area contributed by atoms with Gasteiger partial charge in [0.05, 0.1) is 32.6 Å². The first-order chi connectivity index (χ1) is 15.6. The number of carbonyl (C=O) groups excluding carboxylic acids is 1. The molecule has 1 aliphatic rings. The Morgan fingerprint density at radius 3 is 2.62 bits per heavy atom. The second-order valence-corrected chi connectivity index (χ2v) is 8.59. The molecule has 1 aromatic carbocycles. The van der Waals surface area contributed by atoms with E-state index in [1.54, 1.807) is 16.2 Å². The van der Waals surface area contributed by atoms with Crippen LogP contribution in [0.15, 0.2) is 59.4 Å². The summed E-state index contributed by atoms with van der Waals surface area (Å²) in [5, 5.41) is 4.04. The Morgan fingerprint density at radius 2 is 1.94 bits per heavy atom. The van der Waals surface area contributed by atoms with Gasteiger partial charge in [0, 0.05) is 35.0 Å². The van der Waals surface area contributed by atoms with Crippen LogP contribution < -0.4 is 11.4 Å².